The molecule has 0 aromatic rings. The van der Waals surface area contributed by atoms with Crippen molar-refractivity contribution >= 4 is 17.4 Å². The Balaban J connectivity index is 0. The predicted molar refractivity (Wildman–Crippen MR) is 16.1 cm³/mol. The first kappa shape index (κ1) is 37.0. The minimum atomic E-state index is 0. The Hall–Kier alpha value is 2.03. The summed E-state index contributed by atoms with van der Waals surface area (Å²) in [5.74, 6) is 0. The molecule has 24 valence electrons. The van der Waals surface area contributed by atoms with Gasteiger partial charge in [0.25, 0.3) is 0 Å². The molecule has 0 bridgehead atoms. The Kier molecular flexibility index (Phi) is 184. The zero-order valence-electron chi connectivity index (χ0n) is 2.82. The normalized spacial score (nSPS) is 0. The van der Waals surface area contributed by atoms with Crippen molar-refractivity contribution in [2.45, 2.75) is 0 Å². The Morgan fingerprint density at radius 1 is 1.00 bits per heavy atom. The molecule has 0 aliphatic heterocycles. The zero-order chi connectivity index (χ0) is 0. The zero-order valence-corrected chi connectivity index (χ0v) is 4.94. The van der Waals surface area contributed by atoms with E-state index in [4.69, 9.17) is 0 Å². The fraction of sp³-hybridized carbons (Fsp3) is 0. The van der Waals surface area contributed by atoms with Crippen LogP contribution in [-0.2, 0) is 0 Å². The molecule has 0 aliphatic carbocycles. The molecule has 0 heterocycles. The smallest absolute Gasteiger partial charge is 1.00 e. The molecule has 4 heavy (non-hydrogen) atoms. The summed E-state index contributed by atoms with van der Waals surface area (Å²) in [5.41, 5.74) is 0. The monoisotopic (exact) mass is 110 g/mol. The molecule has 4 heteroatoms. The largest absolute Gasteiger partial charge is 1.00 e. The maximum Gasteiger partial charge on any atom is 1.00 e. The van der Waals surface area contributed by atoms with E-state index in [1.165, 1.54) is 0 Å². The standard InChI is InChI=1S/Al.2FH.K.4H/h;2*1H;;;;;/q;;;+1;;;;-1. The summed E-state index contributed by atoms with van der Waals surface area (Å²) >= 11 is 0. The molecule has 0 atom stereocenters. The Labute approximate surface area is 78.1 Å². The van der Waals surface area contributed by atoms with Gasteiger partial charge in [0.15, 0.2) is 17.4 Å². The second-order valence-electron chi connectivity index (χ2n) is 0. The fourth-order valence-corrected chi connectivity index (χ4v) is 0. The second kappa shape index (κ2) is 19.8. The third kappa shape index (κ3) is 8.98. The maximum absolute atomic E-state index is 0. The average molecular weight is 110 g/mol. The molecule has 0 amide bonds. The van der Waals surface area contributed by atoms with Crippen molar-refractivity contribution in [2.75, 3.05) is 0 Å². The molecule has 0 saturated heterocycles. The average Bonchev–Trinajstić information content (AvgIpc) is 0. The van der Waals surface area contributed by atoms with Crippen molar-refractivity contribution in [3.8, 4) is 0 Å². The molecule has 0 unspecified atom stereocenters. The van der Waals surface area contributed by atoms with Crippen LogP contribution in [0.4, 0.5) is 9.41 Å². The third-order valence-electron chi connectivity index (χ3n) is 0. The molecule has 0 rings (SSSR count). The van der Waals surface area contributed by atoms with Crippen LogP contribution < -0.4 is 51.4 Å². The van der Waals surface area contributed by atoms with Crippen molar-refractivity contribution in [3.05, 3.63) is 0 Å². The van der Waals surface area contributed by atoms with Crippen LogP contribution in [0.15, 0.2) is 0 Å². The molecule has 0 aromatic carbocycles. The van der Waals surface area contributed by atoms with Crippen molar-refractivity contribution in [1.29, 1.82) is 0 Å². The van der Waals surface area contributed by atoms with Gasteiger partial charge in [-0.25, -0.2) is 0 Å². The second-order valence-corrected chi connectivity index (χ2v) is 0. The number of hydrogen-bond donors (Lipinski definition) is 0. The van der Waals surface area contributed by atoms with E-state index in [0.29, 0.717) is 0 Å². The van der Waals surface area contributed by atoms with E-state index in [-0.39, 0.29) is 79.6 Å². The van der Waals surface area contributed by atoms with E-state index in [1.807, 2.05) is 0 Å². The van der Waals surface area contributed by atoms with Crippen LogP contribution >= 0.6 is 0 Å². The van der Waals surface area contributed by atoms with Crippen molar-refractivity contribution in [1.82, 2.24) is 0 Å². The van der Waals surface area contributed by atoms with Gasteiger partial charge in [-0.2, -0.15) is 0 Å². The molecular formula is H6AlF2K. The van der Waals surface area contributed by atoms with Crippen LogP contribution in [0.2, 0.25) is 0 Å². The molecule has 0 radical (unpaired) electrons. The van der Waals surface area contributed by atoms with Gasteiger partial charge >= 0.3 is 51.4 Å². The van der Waals surface area contributed by atoms with Crippen LogP contribution in [0.1, 0.15) is 1.43 Å². The minimum absolute atomic E-state index is 0. The van der Waals surface area contributed by atoms with Crippen LogP contribution in [0, 0.1) is 0 Å². The van der Waals surface area contributed by atoms with Gasteiger partial charge in [-0.15, -0.1) is 0 Å². The molecule has 0 saturated carbocycles. The van der Waals surface area contributed by atoms with Crippen molar-refractivity contribution in [2.24, 2.45) is 0 Å². The van der Waals surface area contributed by atoms with Gasteiger partial charge in [0.2, 0.25) is 0 Å². The van der Waals surface area contributed by atoms with Gasteiger partial charge < -0.3 is 1.43 Å². The first-order valence-corrected chi connectivity index (χ1v) is 0. The van der Waals surface area contributed by atoms with E-state index in [9.17, 15) is 0 Å². The quantitative estimate of drug-likeness (QED) is 0.281. The number of halogens is 2. The molecule has 0 N–H and O–H groups in total. The first-order valence-electron chi connectivity index (χ1n) is 0. The van der Waals surface area contributed by atoms with Crippen LogP contribution in [0.5, 0.6) is 0 Å². The van der Waals surface area contributed by atoms with Gasteiger partial charge in [-0.3, -0.25) is 9.41 Å². The SMILES string of the molecule is F.F.[AlH3].[H-].[K+]. The van der Waals surface area contributed by atoms with E-state index in [1.54, 1.807) is 0 Å². The number of hydrogen-bond acceptors (Lipinski definition) is 0. The predicted octanol–water partition coefficient (Wildman–Crippen LogP) is -3.76. The van der Waals surface area contributed by atoms with E-state index >= 15 is 0 Å². The fourth-order valence-electron chi connectivity index (χ4n) is 0. The number of rotatable bonds is 0. The van der Waals surface area contributed by atoms with Crippen LogP contribution in [-0.4, -0.2) is 17.4 Å². The maximum atomic E-state index is 0. The van der Waals surface area contributed by atoms with Gasteiger partial charge in [0, 0.05) is 0 Å². The van der Waals surface area contributed by atoms with E-state index in [0.717, 1.165) is 0 Å². The van der Waals surface area contributed by atoms with E-state index in [2.05, 4.69) is 0 Å². The summed E-state index contributed by atoms with van der Waals surface area (Å²) in [5, 5.41) is 0. The summed E-state index contributed by atoms with van der Waals surface area (Å²) in [6.45, 7) is 0. The first-order chi connectivity index (χ1) is 0. The summed E-state index contributed by atoms with van der Waals surface area (Å²) in [6.07, 6.45) is 0. The Bertz CT molecular complexity index is 9.61. The Morgan fingerprint density at radius 3 is 1.00 bits per heavy atom. The van der Waals surface area contributed by atoms with Crippen LogP contribution in [0.3, 0.4) is 0 Å². The summed E-state index contributed by atoms with van der Waals surface area (Å²) < 4.78 is 0. The van der Waals surface area contributed by atoms with Crippen molar-refractivity contribution < 1.29 is 62.2 Å². The molecule has 0 aromatic heterocycles. The van der Waals surface area contributed by atoms with E-state index < -0.39 is 0 Å². The summed E-state index contributed by atoms with van der Waals surface area (Å²) in [7, 11) is 0. The van der Waals surface area contributed by atoms with Gasteiger partial charge in [-0.1, -0.05) is 0 Å². The third-order valence-corrected chi connectivity index (χ3v) is 0. The van der Waals surface area contributed by atoms with Crippen molar-refractivity contribution in [3.63, 3.8) is 0 Å². The Morgan fingerprint density at radius 2 is 1.00 bits per heavy atom. The van der Waals surface area contributed by atoms with Crippen LogP contribution in [0.25, 0.3) is 0 Å². The van der Waals surface area contributed by atoms with Gasteiger partial charge in [0.05, 0.1) is 0 Å². The summed E-state index contributed by atoms with van der Waals surface area (Å²) in [6, 6.07) is 0. The molecule has 0 nitrogen and oxygen atoms in total. The van der Waals surface area contributed by atoms with Gasteiger partial charge in [0.1, 0.15) is 0 Å². The minimum Gasteiger partial charge on any atom is -1.00 e. The topological polar surface area (TPSA) is 0 Å². The molecular weight excluding hydrogens is 104 g/mol. The van der Waals surface area contributed by atoms with Gasteiger partial charge in [-0.05, 0) is 0 Å². The molecule has 0 fully saturated rings. The molecule has 0 spiro atoms. The molecule has 0 aliphatic rings. The summed E-state index contributed by atoms with van der Waals surface area (Å²) in [4.78, 5) is 0.